The number of nitrogens with one attached hydrogen (secondary N) is 3. The van der Waals surface area contributed by atoms with Crippen LogP contribution in [-0.2, 0) is 9.59 Å². The van der Waals surface area contributed by atoms with E-state index in [1.54, 1.807) is 84.9 Å². The fraction of sp³-hybridized carbons (Fsp3) is 0.0294. The SMILES string of the molecule is O=C(Nc1ccc(SC(C(=O)Nc2cccc(Cl)c2Cl)c2ccccc2)cc1)/C(=C/c1ccco1)NC(=O)c1ccccc1. The second kappa shape index (κ2) is 14.6. The first kappa shape index (κ1) is 30.7. The second-order valence-corrected chi connectivity index (χ2v) is 11.3. The van der Waals surface area contributed by atoms with Gasteiger partial charge < -0.3 is 20.4 Å². The molecule has 0 saturated carbocycles. The molecule has 5 rings (SSSR count). The Kier molecular flexibility index (Phi) is 10.2. The second-order valence-electron chi connectivity index (χ2n) is 9.37. The highest BCUT2D eigenvalue weighted by Gasteiger charge is 2.23. The quantitative estimate of drug-likeness (QED) is 0.105. The fourth-order valence-corrected chi connectivity index (χ4v) is 5.48. The number of rotatable bonds is 10. The predicted molar refractivity (Wildman–Crippen MR) is 176 cm³/mol. The van der Waals surface area contributed by atoms with Gasteiger partial charge in [0.05, 0.1) is 22.0 Å². The Balaban J connectivity index is 1.31. The smallest absolute Gasteiger partial charge is 0.272 e. The summed E-state index contributed by atoms with van der Waals surface area (Å²) in [6.45, 7) is 0. The lowest BCUT2D eigenvalue weighted by atomic mass is 10.1. The molecule has 10 heteroatoms. The Hall–Kier alpha value is -4.76. The monoisotopic (exact) mass is 641 g/mol. The summed E-state index contributed by atoms with van der Waals surface area (Å²) < 4.78 is 5.35. The van der Waals surface area contributed by atoms with Crippen molar-refractivity contribution < 1.29 is 18.8 Å². The maximum Gasteiger partial charge on any atom is 0.272 e. The van der Waals surface area contributed by atoms with Gasteiger partial charge in [0.1, 0.15) is 16.7 Å². The molecule has 1 heterocycles. The summed E-state index contributed by atoms with van der Waals surface area (Å²) in [4.78, 5) is 40.3. The zero-order valence-electron chi connectivity index (χ0n) is 23.0. The van der Waals surface area contributed by atoms with Gasteiger partial charge in [0, 0.05) is 22.2 Å². The molecule has 1 atom stereocenters. The van der Waals surface area contributed by atoms with Crippen LogP contribution in [0.15, 0.2) is 137 Å². The highest BCUT2D eigenvalue weighted by molar-refractivity contribution is 8.00. The van der Waals surface area contributed by atoms with E-state index < -0.39 is 17.1 Å². The van der Waals surface area contributed by atoms with E-state index in [1.807, 2.05) is 30.3 Å². The van der Waals surface area contributed by atoms with Crippen LogP contribution >= 0.6 is 35.0 Å². The molecular formula is C34H25Cl2N3O4S. The van der Waals surface area contributed by atoms with Gasteiger partial charge in [0.25, 0.3) is 11.8 Å². The van der Waals surface area contributed by atoms with E-state index in [1.165, 1.54) is 24.1 Å². The van der Waals surface area contributed by atoms with Crippen molar-refractivity contribution in [3.8, 4) is 0 Å². The molecule has 5 aromatic rings. The van der Waals surface area contributed by atoms with Crippen LogP contribution in [0, 0.1) is 0 Å². The van der Waals surface area contributed by atoms with E-state index in [9.17, 15) is 14.4 Å². The van der Waals surface area contributed by atoms with Crippen LogP contribution in [0.3, 0.4) is 0 Å². The topological polar surface area (TPSA) is 100 Å². The molecule has 1 aromatic heterocycles. The van der Waals surface area contributed by atoms with Crippen LogP contribution in [0.5, 0.6) is 0 Å². The lowest BCUT2D eigenvalue weighted by Crippen LogP contribution is -2.30. The van der Waals surface area contributed by atoms with Gasteiger partial charge in [-0.25, -0.2) is 0 Å². The number of carbonyl (C=O) groups excluding carboxylic acids is 3. The molecule has 220 valence electrons. The Bertz CT molecular complexity index is 1780. The molecule has 0 aliphatic rings. The zero-order valence-corrected chi connectivity index (χ0v) is 25.3. The van der Waals surface area contributed by atoms with Crippen molar-refractivity contribution in [1.29, 1.82) is 0 Å². The summed E-state index contributed by atoms with van der Waals surface area (Å²) in [6.07, 6.45) is 2.93. The van der Waals surface area contributed by atoms with E-state index in [2.05, 4.69) is 16.0 Å². The Morgan fingerprint density at radius 3 is 2.14 bits per heavy atom. The van der Waals surface area contributed by atoms with E-state index in [-0.39, 0.29) is 16.6 Å². The lowest BCUT2D eigenvalue weighted by molar-refractivity contribution is -0.116. The van der Waals surface area contributed by atoms with Gasteiger partial charge in [-0.15, -0.1) is 11.8 Å². The third-order valence-corrected chi connectivity index (χ3v) is 8.36. The van der Waals surface area contributed by atoms with Gasteiger partial charge in [-0.3, -0.25) is 14.4 Å². The van der Waals surface area contributed by atoms with Gasteiger partial charge in [-0.2, -0.15) is 0 Å². The molecule has 3 N–H and O–H groups in total. The van der Waals surface area contributed by atoms with Gasteiger partial charge in [-0.1, -0.05) is 77.8 Å². The molecule has 0 fully saturated rings. The normalized spacial score (nSPS) is 11.8. The Morgan fingerprint density at radius 2 is 1.45 bits per heavy atom. The Morgan fingerprint density at radius 1 is 0.750 bits per heavy atom. The third-order valence-electron chi connectivity index (χ3n) is 6.27. The number of amides is 3. The maximum atomic E-state index is 13.5. The van der Waals surface area contributed by atoms with Crippen molar-refractivity contribution in [3.05, 3.63) is 154 Å². The predicted octanol–water partition coefficient (Wildman–Crippen LogP) is 8.47. The summed E-state index contributed by atoms with van der Waals surface area (Å²) in [5.41, 5.74) is 2.12. The van der Waals surface area contributed by atoms with Crippen LogP contribution < -0.4 is 16.0 Å². The summed E-state index contributed by atoms with van der Waals surface area (Å²) in [5, 5.41) is 8.36. The minimum atomic E-state index is -0.609. The number of halogens is 2. The number of hydrogen-bond acceptors (Lipinski definition) is 5. The molecule has 44 heavy (non-hydrogen) atoms. The van der Waals surface area contributed by atoms with E-state index in [0.29, 0.717) is 27.7 Å². The average Bonchev–Trinajstić information content (AvgIpc) is 3.56. The largest absolute Gasteiger partial charge is 0.465 e. The van der Waals surface area contributed by atoms with Crippen LogP contribution in [0.25, 0.3) is 6.08 Å². The molecule has 0 aliphatic carbocycles. The number of benzene rings is 4. The van der Waals surface area contributed by atoms with Crippen LogP contribution in [-0.4, -0.2) is 17.7 Å². The molecule has 0 radical (unpaired) electrons. The number of anilines is 2. The van der Waals surface area contributed by atoms with E-state index in [4.69, 9.17) is 27.6 Å². The Labute approximate surface area is 268 Å². The molecule has 3 amide bonds. The average molecular weight is 643 g/mol. The molecule has 4 aromatic carbocycles. The first-order chi connectivity index (χ1) is 21.4. The first-order valence-electron chi connectivity index (χ1n) is 13.4. The minimum absolute atomic E-state index is 0.00717. The molecule has 0 bridgehead atoms. The van der Waals surface area contributed by atoms with Gasteiger partial charge in [-0.05, 0) is 66.2 Å². The molecule has 0 aliphatic heterocycles. The van der Waals surface area contributed by atoms with Crippen molar-refractivity contribution in [3.63, 3.8) is 0 Å². The van der Waals surface area contributed by atoms with Crippen molar-refractivity contribution in [2.75, 3.05) is 10.6 Å². The zero-order chi connectivity index (χ0) is 30.9. The van der Waals surface area contributed by atoms with Gasteiger partial charge in [0.15, 0.2) is 0 Å². The molecular weight excluding hydrogens is 617 g/mol. The van der Waals surface area contributed by atoms with Gasteiger partial charge in [0.2, 0.25) is 5.91 Å². The fourth-order valence-electron chi connectivity index (χ4n) is 4.11. The summed E-state index contributed by atoms with van der Waals surface area (Å²) in [5.74, 6) is -0.843. The number of carbonyl (C=O) groups is 3. The molecule has 0 spiro atoms. The molecule has 1 unspecified atom stereocenters. The van der Waals surface area contributed by atoms with E-state index in [0.717, 1.165) is 10.5 Å². The van der Waals surface area contributed by atoms with Crippen molar-refractivity contribution >= 4 is 70.1 Å². The summed E-state index contributed by atoms with van der Waals surface area (Å²) in [6, 6.07) is 33.4. The third kappa shape index (κ3) is 7.99. The van der Waals surface area contributed by atoms with E-state index >= 15 is 0 Å². The highest BCUT2D eigenvalue weighted by atomic mass is 35.5. The number of thioether (sulfide) groups is 1. The highest BCUT2D eigenvalue weighted by Crippen LogP contribution is 2.38. The standard InChI is InChI=1S/C34H25Cl2N3O4S/c35-27-14-7-15-28(30(27)36)38-34(42)31(22-9-3-1-4-10-22)44-26-18-16-24(17-19-26)37-33(41)29(21-25-13-8-20-43-25)39-32(40)23-11-5-2-6-12-23/h1-21,31H,(H,37,41)(H,38,42)(H,39,40)/b29-21-. The first-order valence-corrected chi connectivity index (χ1v) is 15.0. The summed E-state index contributed by atoms with van der Waals surface area (Å²) in [7, 11) is 0. The minimum Gasteiger partial charge on any atom is -0.465 e. The molecule has 7 nitrogen and oxygen atoms in total. The van der Waals surface area contributed by atoms with Crippen molar-refractivity contribution in [2.45, 2.75) is 10.1 Å². The van der Waals surface area contributed by atoms with Crippen molar-refractivity contribution in [1.82, 2.24) is 5.32 Å². The van der Waals surface area contributed by atoms with Crippen LogP contribution in [0.2, 0.25) is 10.0 Å². The summed E-state index contributed by atoms with van der Waals surface area (Å²) >= 11 is 13.8. The molecule has 0 saturated heterocycles. The van der Waals surface area contributed by atoms with Crippen LogP contribution in [0.4, 0.5) is 11.4 Å². The lowest BCUT2D eigenvalue weighted by Gasteiger charge is -2.18. The number of furan rings is 1. The van der Waals surface area contributed by atoms with Gasteiger partial charge >= 0.3 is 0 Å². The van der Waals surface area contributed by atoms with Crippen molar-refractivity contribution in [2.24, 2.45) is 0 Å². The maximum absolute atomic E-state index is 13.5. The number of hydrogen-bond donors (Lipinski definition) is 3. The van der Waals surface area contributed by atoms with Crippen LogP contribution in [0.1, 0.15) is 26.9 Å².